The summed E-state index contributed by atoms with van der Waals surface area (Å²) in [4.78, 5) is 13.2. The van der Waals surface area contributed by atoms with Crippen LogP contribution in [0.15, 0.2) is 40.2 Å². The number of hydrogen-bond donors (Lipinski definition) is 2. The van der Waals surface area contributed by atoms with Gasteiger partial charge >= 0.3 is 0 Å². The molecule has 2 aromatic rings. The Morgan fingerprint density at radius 1 is 1.39 bits per heavy atom. The molecule has 0 spiro atoms. The Labute approximate surface area is 118 Å². The van der Waals surface area contributed by atoms with Gasteiger partial charge in [0.1, 0.15) is 0 Å². The monoisotopic (exact) mass is 324 g/mol. The lowest BCUT2D eigenvalue weighted by Gasteiger charge is -2.06. The Kier molecular flexibility index (Phi) is 4.38. The molecule has 0 fully saturated rings. The summed E-state index contributed by atoms with van der Waals surface area (Å²) in [6.45, 7) is 0.631. The van der Waals surface area contributed by atoms with Gasteiger partial charge in [-0.1, -0.05) is 22.0 Å². The Hall–Kier alpha value is -1.33. The van der Waals surface area contributed by atoms with Gasteiger partial charge in [-0.15, -0.1) is 11.3 Å². The predicted molar refractivity (Wildman–Crippen MR) is 78.9 cm³/mol. The molecule has 1 aromatic carbocycles. The van der Waals surface area contributed by atoms with Crippen LogP contribution in [0.25, 0.3) is 0 Å². The van der Waals surface area contributed by atoms with E-state index in [9.17, 15) is 4.79 Å². The molecule has 0 radical (unpaired) electrons. The molecule has 0 bridgehead atoms. The summed E-state index contributed by atoms with van der Waals surface area (Å²) < 4.78 is 0.811. The molecule has 0 aliphatic heterocycles. The van der Waals surface area contributed by atoms with Crippen molar-refractivity contribution < 1.29 is 4.79 Å². The Morgan fingerprint density at radius 2 is 2.22 bits per heavy atom. The van der Waals surface area contributed by atoms with Gasteiger partial charge in [-0.2, -0.15) is 0 Å². The highest BCUT2D eigenvalue weighted by Crippen LogP contribution is 2.17. The first-order valence-electron chi connectivity index (χ1n) is 5.52. The van der Waals surface area contributed by atoms with E-state index in [2.05, 4.69) is 27.3 Å². The summed E-state index contributed by atoms with van der Waals surface area (Å²) in [6, 6.07) is 9.27. The lowest BCUT2D eigenvalue weighted by atomic mass is 10.2. The van der Waals surface area contributed by atoms with Gasteiger partial charge in [-0.3, -0.25) is 4.79 Å². The topological polar surface area (TPSA) is 55.1 Å². The summed E-state index contributed by atoms with van der Waals surface area (Å²) in [7, 11) is 0. The number of nitrogens with two attached hydrogens (primary N) is 1. The molecule has 0 saturated heterocycles. The fraction of sp³-hybridized carbons (Fsp3) is 0.154. The second-order valence-corrected chi connectivity index (χ2v) is 5.81. The zero-order valence-electron chi connectivity index (χ0n) is 9.65. The predicted octanol–water partition coefficient (Wildman–Crippen LogP) is 3.07. The van der Waals surface area contributed by atoms with Gasteiger partial charge in [0.15, 0.2) is 0 Å². The van der Waals surface area contributed by atoms with Crippen LogP contribution >= 0.6 is 27.3 Å². The van der Waals surface area contributed by atoms with Crippen LogP contribution in [0.4, 0.5) is 5.69 Å². The summed E-state index contributed by atoms with van der Waals surface area (Å²) in [6.07, 6.45) is 0.854. The van der Waals surface area contributed by atoms with Gasteiger partial charge in [-0.05, 0) is 36.1 Å². The fourth-order valence-electron chi connectivity index (χ4n) is 1.60. The van der Waals surface area contributed by atoms with Gasteiger partial charge in [-0.25, -0.2) is 0 Å². The maximum absolute atomic E-state index is 11.9. The molecule has 0 aliphatic rings. The quantitative estimate of drug-likeness (QED) is 0.849. The lowest BCUT2D eigenvalue weighted by Crippen LogP contribution is -2.25. The van der Waals surface area contributed by atoms with Crippen LogP contribution in [-0.2, 0) is 6.42 Å². The molecule has 1 aromatic heterocycles. The molecule has 0 saturated carbocycles. The van der Waals surface area contributed by atoms with E-state index < -0.39 is 0 Å². The number of anilines is 1. The molecule has 1 heterocycles. The maximum Gasteiger partial charge on any atom is 0.251 e. The lowest BCUT2D eigenvalue weighted by molar-refractivity contribution is 0.0954. The first kappa shape index (κ1) is 13.1. The Balaban J connectivity index is 1.91. The SMILES string of the molecule is Nc1cc(Br)cc(C(=O)NCCc2cccs2)c1. The van der Waals surface area contributed by atoms with Crippen LogP contribution in [0.2, 0.25) is 0 Å². The van der Waals surface area contributed by atoms with Crippen molar-refractivity contribution in [2.24, 2.45) is 0 Å². The average Bonchev–Trinajstić information content (AvgIpc) is 2.80. The summed E-state index contributed by atoms with van der Waals surface area (Å²) in [5.41, 5.74) is 6.85. The second-order valence-electron chi connectivity index (χ2n) is 3.86. The smallest absolute Gasteiger partial charge is 0.251 e. The molecule has 0 atom stereocenters. The van der Waals surface area contributed by atoms with Gasteiger partial charge in [0.2, 0.25) is 0 Å². The molecule has 5 heteroatoms. The maximum atomic E-state index is 11.9. The van der Waals surface area contributed by atoms with E-state index in [0.717, 1.165) is 10.9 Å². The van der Waals surface area contributed by atoms with E-state index in [1.807, 2.05) is 11.4 Å². The van der Waals surface area contributed by atoms with Crippen LogP contribution in [0.3, 0.4) is 0 Å². The van der Waals surface area contributed by atoms with Crippen LogP contribution in [-0.4, -0.2) is 12.5 Å². The number of benzene rings is 1. The minimum absolute atomic E-state index is 0.0976. The van der Waals surface area contributed by atoms with Crippen LogP contribution in [0.1, 0.15) is 15.2 Å². The molecule has 0 unspecified atom stereocenters. The van der Waals surface area contributed by atoms with Crippen molar-refractivity contribution in [3.8, 4) is 0 Å². The van der Waals surface area contributed by atoms with Crippen molar-refractivity contribution in [2.75, 3.05) is 12.3 Å². The normalized spacial score (nSPS) is 10.3. The Morgan fingerprint density at radius 3 is 2.89 bits per heavy atom. The highest BCUT2D eigenvalue weighted by molar-refractivity contribution is 9.10. The van der Waals surface area contributed by atoms with Crippen molar-refractivity contribution in [1.29, 1.82) is 0 Å². The number of rotatable bonds is 4. The van der Waals surface area contributed by atoms with E-state index in [1.165, 1.54) is 4.88 Å². The van der Waals surface area contributed by atoms with Gasteiger partial charge in [0, 0.05) is 27.1 Å². The largest absolute Gasteiger partial charge is 0.399 e. The molecule has 3 N–H and O–H groups in total. The molecule has 94 valence electrons. The number of nitrogens with one attached hydrogen (secondary N) is 1. The third-order valence-corrected chi connectivity index (χ3v) is 3.81. The van der Waals surface area contributed by atoms with Crippen molar-refractivity contribution in [2.45, 2.75) is 6.42 Å². The highest BCUT2D eigenvalue weighted by Gasteiger charge is 2.06. The van der Waals surface area contributed by atoms with Crippen molar-refractivity contribution >= 4 is 38.9 Å². The van der Waals surface area contributed by atoms with Gasteiger partial charge in [0.25, 0.3) is 5.91 Å². The number of halogens is 1. The van der Waals surface area contributed by atoms with E-state index in [4.69, 9.17) is 5.73 Å². The number of nitrogen functional groups attached to an aromatic ring is 1. The van der Waals surface area contributed by atoms with Crippen molar-refractivity contribution in [3.63, 3.8) is 0 Å². The number of amides is 1. The Bertz CT molecular complexity index is 520. The van der Waals surface area contributed by atoms with Crippen molar-refractivity contribution in [3.05, 3.63) is 50.6 Å². The number of carbonyl (C=O) groups excluding carboxylic acids is 1. The molecule has 1 amide bonds. The minimum Gasteiger partial charge on any atom is -0.399 e. The molecular formula is C13H13BrN2OS. The third-order valence-electron chi connectivity index (χ3n) is 2.42. The van der Waals surface area contributed by atoms with Crippen LogP contribution < -0.4 is 11.1 Å². The molecule has 0 aliphatic carbocycles. The highest BCUT2D eigenvalue weighted by atomic mass is 79.9. The van der Waals surface area contributed by atoms with E-state index in [0.29, 0.717) is 17.8 Å². The van der Waals surface area contributed by atoms with E-state index in [1.54, 1.807) is 29.5 Å². The summed E-state index contributed by atoms with van der Waals surface area (Å²) in [5, 5.41) is 4.92. The average molecular weight is 325 g/mol. The van der Waals surface area contributed by atoms with Gasteiger partial charge < -0.3 is 11.1 Å². The van der Waals surface area contributed by atoms with Gasteiger partial charge in [0.05, 0.1) is 0 Å². The molecule has 18 heavy (non-hydrogen) atoms. The zero-order chi connectivity index (χ0) is 13.0. The third kappa shape index (κ3) is 3.58. The van der Waals surface area contributed by atoms with Crippen LogP contribution in [0, 0.1) is 0 Å². The van der Waals surface area contributed by atoms with E-state index >= 15 is 0 Å². The number of carbonyl (C=O) groups is 1. The molecular weight excluding hydrogens is 312 g/mol. The van der Waals surface area contributed by atoms with E-state index in [-0.39, 0.29) is 5.91 Å². The zero-order valence-corrected chi connectivity index (χ0v) is 12.1. The first-order chi connectivity index (χ1) is 8.65. The standard InChI is InChI=1S/C13H13BrN2OS/c14-10-6-9(7-11(15)8-10)13(17)16-4-3-12-2-1-5-18-12/h1-2,5-8H,3-4,15H2,(H,16,17). The summed E-state index contributed by atoms with van der Waals surface area (Å²) in [5.74, 6) is -0.0976. The fourth-order valence-corrected chi connectivity index (χ4v) is 2.82. The number of thiophene rings is 1. The molecule has 2 rings (SSSR count). The minimum atomic E-state index is -0.0976. The first-order valence-corrected chi connectivity index (χ1v) is 7.19. The van der Waals surface area contributed by atoms with Crippen LogP contribution in [0.5, 0.6) is 0 Å². The molecule has 3 nitrogen and oxygen atoms in total. The second kappa shape index (κ2) is 6.02. The summed E-state index contributed by atoms with van der Waals surface area (Å²) >= 11 is 5.02. The van der Waals surface area contributed by atoms with Crippen molar-refractivity contribution in [1.82, 2.24) is 5.32 Å². The number of hydrogen-bond acceptors (Lipinski definition) is 3.